The normalized spacial score (nSPS) is 16.6. The van der Waals surface area contributed by atoms with E-state index >= 15 is 0 Å². The Labute approximate surface area is 182 Å². The van der Waals surface area contributed by atoms with E-state index in [1.807, 2.05) is 53.2 Å². The number of benzene rings is 2. The summed E-state index contributed by atoms with van der Waals surface area (Å²) in [4.78, 5) is 6.91. The molecule has 0 aliphatic carbocycles. The molecule has 0 unspecified atom stereocenters. The van der Waals surface area contributed by atoms with Crippen LogP contribution in [-0.4, -0.2) is 45.7 Å². The Morgan fingerprint density at radius 2 is 1.97 bits per heavy atom. The van der Waals surface area contributed by atoms with Crippen LogP contribution in [0, 0.1) is 0 Å². The molecule has 1 N–H and O–H groups in total. The molecule has 1 fully saturated rings. The summed E-state index contributed by atoms with van der Waals surface area (Å²) in [5, 5.41) is 8.17. The number of hydrogen-bond donors (Lipinski definition) is 1. The third-order valence-electron chi connectivity index (χ3n) is 5.92. The first-order valence-electron chi connectivity index (χ1n) is 10.8. The predicted octanol–water partition coefficient (Wildman–Crippen LogP) is 4.48. The Morgan fingerprint density at radius 3 is 2.81 bits per heavy atom. The number of ether oxygens (including phenoxy) is 1. The van der Waals surface area contributed by atoms with E-state index in [2.05, 4.69) is 46.5 Å². The Kier molecular flexibility index (Phi) is 5.54. The molecule has 1 atom stereocenters. The highest BCUT2D eigenvalue weighted by Crippen LogP contribution is 2.26. The smallest absolute Gasteiger partial charge is 0.154 e. The molecule has 2 aromatic heterocycles. The number of nitrogens with one attached hydrogen (secondary N) is 1. The number of likely N-dealkylation sites (tertiary alicyclic amines) is 1. The number of anilines is 1. The van der Waals surface area contributed by atoms with Crippen LogP contribution in [-0.2, 0) is 6.54 Å². The van der Waals surface area contributed by atoms with E-state index < -0.39 is 0 Å². The largest absolute Gasteiger partial charge is 0.492 e. The second kappa shape index (κ2) is 8.78. The first-order chi connectivity index (χ1) is 15.3. The highest BCUT2D eigenvalue weighted by atomic mass is 16.5. The minimum atomic E-state index is 0.499. The molecule has 1 saturated heterocycles. The van der Waals surface area contributed by atoms with Gasteiger partial charge in [0.1, 0.15) is 18.2 Å². The maximum atomic E-state index is 6.12. The fourth-order valence-electron chi connectivity index (χ4n) is 4.08. The average molecular weight is 414 g/mol. The summed E-state index contributed by atoms with van der Waals surface area (Å²) < 4.78 is 8.00. The van der Waals surface area contributed by atoms with E-state index in [0.29, 0.717) is 6.04 Å². The van der Waals surface area contributed by atoms with E-state index in [0.717, 1.165) is 48.2 Å². The van der Waals surface area contributed by atoms with Gasteiger partial charge in [0.05, 0.1) is 11.9 Å². The summed E-state index contributed by atoms with van der Waals surface area (Å²) in [7, 11) is 2.17. The van der Waals surface area contributed by atoms with E-state index in [1.54, 1.807) is 0 Å². The van der Waals surface area contributed by atoms with Gasteiger partial charge in [-0.15, -0.1) is 5.10 Å². The van der Waals surface area contributed by atoms with Crippen LogP contribution >= 0.6 is 0 Å². The summed E-state index contributed by atoms with van der Waals surface area (Å²) in [5.74, 6) is 1.69. The van der Waals surface area contributed by atoms with Crippen molar-refractivity contribution in [1.82, 2.24) is 19.5 Å². The Morgan fingerprint density at radius 1 is 1.06 bits per heavy atom. The van der Waals surface area contributed by atoms with Crippen LogP contribution in [0.1, 0.15) is 18.4 Å². The minimum Gasteiger partial charge on any atom is -0.492 e. The van der Waals surface area contributed by atoms with Gasteiger partial charge in [-0.25, -0.2) is 9.50 Å². The average Bonchev–Trinajstić information content (AvgIpc) is 3.42. The molecule has 0 bridgehead atoms. The standard InChI is InChI=1S/C25H27N5O/c1-29-14-6-10-21(29)18-31-22-11-5-9-20(15-22)23-17-27-25-13-12-24(28-30(23)25)26-16-19-7-3-2-4-8-19/h2-5,7-9,11-13,15,17,21H,6,10,14,16,18H2,1H3,(H,26,28)/t21-/m0/s1. The number of rotatable bonds is 7. The van der Waals surface area contributed by atoms with Crippen molar-refractivity contribution >= 4 is 11.5 Å². The van der Waals surface area contributed by atoms with E-state index in [4.69, 9.17) is 9.84 Å². The molecule has 6 heteroatoms. The number of imidazole rings is 1. The van der Waals surface area contributed by atoms with E-state index in [1.165, 1.54) is 18.4 Å². The van der Waals surface area contributed by atoms with E-state index in [-0.39, 0.29) is 0 Å². The molecule has 6 nitrogen and oxygen atoms in total. The molecular weight excluding hydrogens is 386 g/mol. The lowest BCUT2D eigenvalue weighted by Gasteiger charge is -2.19. The first-order valence-corrected chi connectivity index (χ1v) is 10.8. The predicted molar refractivity (Wildman–Crippen MR) is 123 cm³/mol. The van der Waals surface area contributed by atoms with Crippen molar-refractivity contribution in [2.75, 3.05) is 25.5 Å². The molecule has 1 aliphatic rings. The second-order valence-electron chi connectivity index (χ2n) is 8.09. The van der Waals surface area contributed by atoms with Crippen LogP contribution in [0.4, 0.5) is 5.82 Å². The molecular formula is C25H27N5O. The molecule has 4 aromatic rings. The zero-order chi connectivity index (χ0) is 21.0. The van der Waals surface area contributed by atoms with Crippen molar-refractivity contribution in [3.8, 4) is 17.0 Å². The van der Waals surface area contributed by atoms with Gasteiger partial charge in [-0.1, -0.05) is 42.5 Å². The number of likely N-dealkylation sites (N-methyl/N-ethyl adjacent to an activating group) is 1. The van der Waals surface area contributed by atoms with Gasteiger partial charge in [0.25, 0.3) is 0 Å². The first kappa shape index (κ1) is 19.6. The Hall–Kier alpha value is -3.38. The number of nitrogens with zero attached hydrogens (tertiary/aromatic N) is 4. The highest BCUT2D eigenvalue weighted by Gasteiger charge is 2.21. The third kappa shape index (κ3) is 4.39. The van der Waals surface area contributed by atoms with E-state index in [9.17, 15) is 0 Å². The van der Waals surface area contributed by atoms with Crippen molar-refractivity contribution in [2.45, 2.75) is 25.4 Å². The van der Waals surface area contributed by atoms with Gasteiger partial charge in [0, 0.05) is 18.2 Å². The number of hydrogen-bond acceptors (Lipinski definition) is 5. The van der Waals surface area contributed by atoms with Crippen molar-refractivity contribution < 1.29 is 4.74 Å². The quantitative estimate of drug-likeness (QED) is 0.484. The van der Waals surface area contributed by atoms with Crippen molar-refractivity contribution in [3.05, 3.63) is 78.5 Å². The lowest BCUT2D eigenvalue weighted by Crippen LogP contribution is -2.30. The van der Waals surface area contributed by atoms with Gasteiger partial charge in [-0.05, 0) is 56.3 Å². The SMILES string of the molecule is CN1CCC[C@H]1COc1cccc(-c2cnc3ccc(NCc4ccccc4)nn23)c1. The zero-order valence-electron chi connectivity index (χ0n) is 17.7. The van der Waals surface area contributed by atoms with Crippen molar-refractivity contribution in [2.24, 2.45) is 0 Å². The number of aromatic nitrogens is 3. The fraction of sp³-hybridized carbons (Fsp3) is 0.280. The lowest BCUT2D eigenvalue weighted by molar-refractivity contribution is 0.198. The second-order valence-corrected chi connectivity index (χ2v) is 8.09. The summed E-state index contributed by atoms with van der Waals surface area (Å²) in [6, 6.07) is 23.0. The molecule has 1 aliphatic heterocycles. The Balaban J connectivity index is 1.34. The monoisotopic (exact) mass is 413 g/mol. The lowest BCUT2D eigenvalue weighted by atomic mass is 10.1. The zero-order valence-corrected chi connectivity index (χ0v) is 17.7. The van der Waals surface area contributed by atoms with Crippen LogP contribution in [0.2, 0.25) is 0 Å². The van der Waals surface area contributed by atoms with Gasteiger partial charge in [0.2, 0.25) is 0 Å². The maximum Gasteiger partial charge on any atom is 0.154 e. The summed E-state index contributed by atoms with van der Waals surface area (Å²) in [5.41, 5.74) is 4.02. The van der Waals surface area contributed by atoms with Crippen LogP contribution in [0.15, 0.2) is 72.9 Å². The molecule has 0 amide bonds. The molecule has 2 aromatic carbocycles. The highest BCUT2D eigenvalue weighted by molar-refractivity contribution is 5.65. The summed E-state index contributed by atoms with van der Waals surface area (Å²) in [6.07, 6.45) is 4.32. The summed E-state index contributed by atoms with van der Waals surface area (Å²) in [6.45, 7) is 2.60. The molecule has 0 radical (unpaired) electrons. The fourth-order valence-corrected chi connectivity index (χ4v) is 4.08. The summed E-state index contributed by atoms with van der Waals surface area (Å²) >= 11 is 0. The van der Waals surface area contributed by atoms with Crippen molar-refractivity contribution in [3.63, 3.8) is 0 Å². The molecule has 0 spiro atoms. The van der Waals surface area contributed by atoms with Gasteiger partial charge in [-0.2, -0.15) is 0 Å². The van der Waals surface area contributed by atoms with Gasteiger partial charge in [-0.3, -0.25) is 0 Å². The molecule has 31 heavy (non-hydrogen) atoms. The molecule has 5 rings (SSSR count). The van der Waals surface area contributed by atoms with Gasteiger partial charge >= 0.3 is 0 Å². The van der Waals surface area contributed by atoms with Gasteiger partial charge < -0.3 is 15.0 Å². The van der Waals surface area contributed by atoms with Crippen LogP contribution in [0.5, 0.6) is 5.75 Å². The third-order valence-corrected chi connectivity index (χ3v) is 5.92. The number of fused-ring (bicyclic) bond motifs is 1. The van der Waals surface area contributed by atoms with Crippen molar-refractivity contribution in [1.29, 1.82) is 0 Å². The van der Waals surface area contributed by atoms with Crippen LogP contribution in [0.3, 0.4) is 0 Å². The minimum absolute atomic E-state index is 0.499. The maximum absolute atomic E-state index is 6.12. The van der Waals surface area contributed by atoms with Gasteiger partial charge in [0.15, 0.2) is 5.65 Å². The topological polar surface area (TPSA) is 54.7 Å². The van der Waals surface area contributed by atoms with Crippen LogP contribution in [0.25, 0.3) is 16.9 Å². The van der Waals surface area contributed by atoms with Crippen LogP contribution < -0.4 is 10.1 Å². The molecule has 3 heterocycles. The Bertz CT molecular complexity index is 1160. The molecule has 158 valence electrons. The molecule has 0 saturated carbocycles.